The van der Waals surface area contributed by atoms with E-state index in [0.717, 1.165) is 21.1 Å². The van der Waals surface area contributed by atoms with E-state index in [1.807, 2.05) is 30.3 Å². The van der Waals surface area contributed by atoms with Gasteiger partial charge in [-0.3, -0.25) is 0 Å². The average Bonchev–Trinajstić information content (AvgIpc) is 2.41. The van der Waals surface area contributed by atoms with Crippen LogP contribution in [0.4, 0.5) is 0 Å². The van der Waals surface area contributed by atoms with E-state index >= 15 is 0 Å². The van der Waals surface area contributed by atoms with Gasteiger partial charge in [0, 0.05) is 8.59 Å². The van der Waals surface area contributed by atoms with Gasteiger partial charge in [0.15, 0.2) is 0 Å². The van der Waals surface area contributed by atoms with Gasteiger partial charge in [0.2, 0.25) is 0 Å². The molecule has 2 aromatic rings. The highest BCUT2D eigenvalue weighted by atomic mass is 127. The number of halogens is 2. The lowest BCUT2D eigenvalue weighted by atomic mass is 9.97. The highest BCUT2D eigenvalue weighted by Crippen LogP contribution is 2.29. The number of hydrogen-bond acceptors (Lipinski definition) is 1. The first kappa shape index (κ1) is 15.8. The normalized spacial score (nSPS) is 12.7. The van der Waals surface area contributed by atoms with Gasteiger partial charge < -0.3 is 5.11 Å². The van der Waals surface area contributed by atoms with Gasteiger partial charge in [0.1, 0.15) is 6.10 Å². The molecule has 1 nitrogen and oxygen atoms in total. The van der Waals surface area contributed by atoms with Crippen LogP contribution in [0.3, 0.4) is 0 Å². The van der Waals surface area contributed by atoms with Gasteiger partial charge in [-0.25, -0.2) is 0 Å². The average molecular weight is 401 g/mol. The number of aliphatic hydroxyl groups excluding tert-OH is 1. The van der Waals surface area contributed by atoms with E-state index in [0.29, 0.717) is 10.9 Å². The SMILES string of the molecule is CC(C)Cc1ccc(C(O)c2cc(Cl)ccc2I)cc1. The number of rotatable bonds is 4. The summed E-state index contributed by atoms with van der Waals surface area (Å²) in [5.41, 5.74) is 3.06. The minimum Gasteiger partial charge on any atom is -0.384 e. The zero-order valence-electron chi connectivity index (χ0n) is 11.6. The molecule has 0 bridgehead atoms. The van der Waals surface area contributed by atoms with Gasteiger partial charge in [0.05, 0.1) is 0 Å². The molecule has 0 aromatic heterocycles. The summed E-state index contributed by atoms with van der Waals surface area (Å²) in [6, 6.07) is 13.8. The molecule has 0 fully saturated rings. The van der Waals surface area contributed by atoms with E-state index in [4.69, 9.17) is 11.6 Å². The summed E-state index contributed by atoms with van der Waals surface area (Å²) in [4.78, 5) is 0. The Kier molecular flexibility index (Phi) is 5.47. The van der Waals surface area contributed by atoms with Crippen molar-refractivity contribution in [3.63, 3.8) is 0 Å². The molecule has 2 rings (SSSR count). The molecule has 2 aromatic carbocycles. The Morgan fingerprint density at radius 2 is 1.75 bits per heavy atom. The second-order valence-electron chi connectivity index (χ2n) is 5.41. The monoisotopic (exact) mass is 400 g/mol. The van der Waals surface area contributed by atoms with E-state index in [9.17, 15) is 5.11 Å². The van der Waals surface area contributed by atoms with Crippen molar-refractivity contribution in [2.75, 3.05) is 0 Å². The van der Waals surface area contributed by atoms with E-state index in [1.54, 1.807) is 0 Å². The van der Waals surface area contributed by atoms with Gasteiger partial charge in [0.25, 0.3) is 0 Å². The van der Waals surface area contributed by atoms with Crippen LogP contribution in [-0.4, -0.2) is 5.11 Å². The topological polar surface area (TPSA) is 20.2 Å². The second-order valence-corrected chi connectivity index (χ2v) is 7.01. The summed E-state index contributed by atoms with van der Waals surface area (Å²) in [7, 11) is 0. The fourth-order valence-electron chi connectivity index (χ4n) is 2.21. The Morgan fingerprint density at radius 1 is 1.10 bits per heavy atom. The maximum Gasteiger partial charge on any atom is 0.105 e. The molecule has 0 aliphatic rings. The van der Waals surface area contributed by atoms with Crippen molar-refractivity contribution in [3.8, 4) is 0 Å². The zero-order valence-corrected chi connectivity index (χ0v) is 14.5. The van der Waals surface area contributed by atoms with Crippen LogP contribution in [-0.2, 0) is 6.42 Å². The summed E-state index contributed by atoms with van der Waals surface area (Å²) in [5.74, 6) is 0.639. The predicted molar refractivity (Wildman–Crippen MR) is 93.2 cm³/mol. The van der Waals surface area contributed by atoms with Crippen molar-refractivity contribution in [1.82, 2.24) is 0 Å². The van der Waals surface area contributed by atoms with Gasteiger partial charge in [-0.15, -0.1) is 0 Å². The first-order valence-electron chi connectivity index (χ1n) is 6.69. The number of benzene rings is 2. The van der Waals surface area contributed by atoms with Crippen LogP contribution in [0.2, 0.25) is 5.02 Å². The Morgan fingerprint density at radius 3 is 2.35 bits per heavy atom. The summed E-state index contributed by atoms with van der Waals surface area (Å²) >= 11 is 8.24. The minimum atomic E-state index is -0.631. The van der Waals surface area contributed by atoms with Crippen molar-refractivity contribution in [3.05, 3.63) is 67.7 Å². The first-order valence-corrected chi connectivity index (χ1v) is 8.15. The quantitative estimate of drug-likeness (QED) is 0.697. The molecule has 0 heterocycles. The number of hydrogen-bond donors (Lipinski definition) is 1. The summed E-state index contributed by atoms with van der Waals surface area (Å²) in [6.45, 7) is 4.41. The summed E-state index contributed by atoms with van der Waals surface area (Å²) < 4.78 is 1.02. The second kappa shape index (κ2) is 6.92. The molecule has 1 N–H and O–H groups in total. The van der Waals surface area contributed by atoms with Crippen LogP contribution in [0.25, 0.3) is 0 Å². The predicted octanol–water partition coefficient (Wildman–Crippen LogP) is 5.22. The maximum absolute atomic E-state index is 10.5. The fraction of sp³-hybridized carbons (Fsp3) is 0.294. The van der Waals surface area contributed by atoms with E-state index < -0.39 is 6.10 Å². The van der Waals surface area contributed by atoms with E-state index in [2.05, 4.69) is 48.6 Å². The van der Waals surface area contributed by atoms with Crippen molar-refractivity contribution in [2.45, 2.75) is 26.4 Å². The van der Waals surface area contributed by atoms with Crippen LogP contribution >= 0.6 is 34.2 Å². The van der Waals surface area contributed by atoms with Gasteiger partial charge in [-0.2, -0.15) is 0 Å². The molecule has 20 heavy (non-hydrogen) atoms. The molecule has 106 valence electrons. The molecular formula is C17H18ClIO. The van der Waals surface area contributed by atoms with Crippen molar-refractivity contribution in [2.24, 2.45) is 5.92 Å². The molecule has 1 atom stereocenters. The Bertz CT molecular complexity index is 578. The molecule has 1 unspecified atom stereocenters. The van der Waals surface area contributed by atoms with Crippen molar-refractivity contribution < 1.29 is 5.11 Å². The molecule has 0 saturated heterocycles. The highest BCUT2D eigenvalue weighted by Gasteiger charge is 2.14. The Balaban J connectivity index is 2.24. The van der Waals surface area contributed by atoms with Crippen LogP contribution in [0, 0.1) is 9.49 Å². The van der Waals surface area contributed by atoms with Gasteiger partial charge >= 0.3 is 0 Å². The third-order valence-electron chi connectivity index (χ3n) is 3.19. The number of aliphatic hydroxyl groups is 1. The van der Waals surface area contributed by atoms with Crippen LogP contribution in [0.15, 0.2) is 42.5 Å². The summed E-state index contributed by atoms with van der Waals surface area (Å²) in [5, 5.41) is 11.2. The van der Waals surface area contributed by atoms with Crippen LogP contribution < -0.4 is 0 Å². The molecule has 0 saturated carbocycles. The highest BCUT2D eigenvalue weighted by molar-refractivity contribution is 14.1. The molecule has 3 heteroatoms. The first-order chi connectivity index (χ1) is 9.47. The molecule has 0 amide bonds. The minimum absolute atomic E-state index is 0.631. The lowest BCUT2D eigenvalue weighted by Gasteiger charge is -2.14. The van der Waals surface area contributed by atoms with Gasteiger partial charge in [-0.05, 0) is 69.8 Å². The van der Waals surface area contributed by atoms with E-state index in [1.165, 1.54) is 5.56 Å². The molecule has 0 aliphatic heterocycles. The van der Waals surface area contributed by atoms with Crippen LogP contribution in [0.1, 0.15) is 36.6 Å². The van der Waals surface area contributed by atoms with Gasteiger partial charge in [-0.1, -0.05) is 49.7 Å². The lowest BCUT2D eigenvalue weighted by molar-refractivity contribution is 0.219. The molecular weight excluding hydrogens is 383 g/mol. The maximum atomic E-state index is 10.5. The van der Waals surface area contributed by atoms with Crippen LogP contribution in [0.5, 0.6) is 0 Å². The zero-order chi connectivity index (χ0) is 14.7. The Labute approximate surface area is 139 Å². The van der Waals surface area contributed by atoms with Crippen molar-refractivity contribution in [1.29, 1.82) is 0 Å². The third-order valence-corrected chi connectivity index (χ3v) is 4.41. The molecule has 0 spiro atoms. The smallest absolute Gasteiger partial charge is 0.105 e. The molecule has 0 radical (unpaired) electrons. The van der Waals surface area contributed by atoms with Crippen molar-refractivity contribution >= 4 is 34.2 Å². The largest absolute Gasteiger partial charge is 0.384 e. The third kappa shape index (κ3) is 3.96. The Hall–Kier alpha value is -0.580. The summed E-state index contributed by atoms with van der Waals surface area (Å²) in [6.07, 6.45) is 0.430. The molecule has 0 aliphatic carbocycles. The lowest BCUT2D eigenvalue weighted by Crippen LogP contribution is -2.02. The van der Waals surface area contributed by atoms with E-state index in [-0.39, 0.29) is 0 Å². The standard InChI is InChI=1S/C17H18ClIO/c1-11(2)9-12-3-5-13(6-4-12)17(20)15-10-14(18)7-8-16(15)19/h3-8,10-11,17,20H,9H2,1-2H3. The fourth-order valence-corrected chi connectivity index (χ4v) is 3.02.